The molecule has 3 nitrogen and oxygen atoms in total. The fourth-order valence-electron chi connectivity index (χ4n) is 2.19. The first-order valence-electron chi connectivity index (χ1n) is 6.21. The zero-order valence-corrected chi connectivity index (χ0v) is 10.7. The normalized spacial score (nSPS) is 10.8. The highest BCUT2D eigenvalue weighted by molar-refractivity contribution is 5.85. The van der Waals surface area contributed by atoms with E-state index >= 15 is 0 Å². The van der Waals surface area contributed by atoms with Gasteiger partial charge < -0.3 is 5.11 Å². The van der Waals surface area contributed by atoms with Crippen molar-refractivity contribution < 1.29 is 9.90 Å². The van der Waals surface area contributed by atoms with E-state index in [9.17, 15) is 4.79 Å². The van der Waals surface area contributed by atoms with Gasteiger partial charge in [0.15, 0.2) is 0 Å². The Morgan fingerprint density at radius 1 is 1.39 bits per heavy atom. The van der Waals surface area contributed by atoms with Gasteiger partial charge in [-0.3, -0.25) is 9.78 Å². The topological polar surface area (TPSA) is 50.2 Å². The van der Waals surface area contributed by atoms with Crippen molar-refractivity contribution in [2.24, 2.45) is 0 Å². The number of para-hydroxylation sites is 1. The van der Waals surface area contributed by atoms with Crippen LogP contribution in [-0.4, -0.2) is 16.1 Å². The van der Waals surface area contributed by atoms with Crippen molar-refractivity contribution in [2.75, 3.05) is 0 Å². The molecule has 18 heavy (non-hydrogen) atoms. The second-order valence-electron chi connectivity index (χ2n) is 4.49. The minimum absolute atomic E-state index is 0.131. The van der Waals surface area contributed by atoms with E-state index in [0.717, 1.165) is 28.6 Å². The Labute approximate surface area is 106 Å². The number of rotatable bonds is 4. The summed E-state index contributed by atoms with van der Waals surface area (Å²) in [6.45, 7) is 4.16. The predicted molar refractivity (Wildman–Crippen MR) is 71.8 cm³/mol. The standard InChI is InChI=1S/C15H17NO2/c1-3-11-5-4-6-13-10(2)9-12(16-15(11)13)7-8-14(17)18/h4-6,9H,3,7-8H2,1-2H3,(H,17,18). The van der Waals surface area contributed by atoms with Crippen LogP contribution in [-0.2, 0) is 17.6 Å². The van der Waals surface area contributed by atoms with Crippen molar-refractivity contribution in [1.29, 1.82) is 0 Å². The Kier molecular flexibility index (Phi) is 3.60. The van der Waals surface area contributed by atoms with Crippen LogP contribution in [0.2, 0.25) is 0 Å². The predicted octanol–water partition coefficient (Wildman–Crippen LogP) is 3.12. The Hall–Kier alpha value is -1.90. The number of hydrogen-bond acceptors (Lipinski definition) is 2. The van der Waals surface area contributed by atoms with E-state index in [4.69, 9.17) is 5.11 Å². The summed E-state index contributed by atoms with van der Waals surface area (Å²) in [5.74, 6) is -0.779. The third kappa shape index (κ3) is 2.50. The van der Waals surface area contributed by atoms with Crippen LogP contribution in [0.1, 0.15) is 30.2 Å². The summed E-state index contributed by atoms with van der Waals surface area (Å²) in [4.78, 5) is 15.2. The summed E-state index contributed by atoms with van der Waals surface area (Å²) < 4.78 is 0. The minimum Gasteiger partial charge on any atom is -0.481 e. The molecule has 1 aromatic heterocycles. The molecule has 0 bridgehead atoms. The van der Waals surface area contributed by atoms with Gasteiger partial charge in [0.2, 0.25) is 0 Å². The molecule has 0 unspecified atom stereocenters. The van der Waals surface area contributed by atoms with Crippen molar-refractivity contribution in [3.8, 4) is 0 Å². The van der Waals surface area contributed by atoms with Gasteiger partial charge in [0.05, 0.1) is 11.9 Å². The van der Waals surface area contributed by atoms with Gasteiger partial charge in [-0.05, 0) is 30.5 Å². The second-order valence-corrected chi connectivity index (χ2v) is 4.49. The number of benzene rings is 1. The molecule has 94 valence electrons. The average molecular weight is 243 g/mol. The van der Waals surface area contributed by atoms with Crippen LogP contribution < -0.4 is 0 Å². The summed E-state index contributed by atoms with van der Waals surface area (Å²) in [5.41, 5.74) is 4.26. The zero-order chi connectivity index (χ0) is 13.1. The third-order valence-electron chi connectivity index (χ3n) is 3.16. The Morgan fingerprint density at radius 3 is 2.83 bits per heavy atom. The molecule has 2 aromatic rings. The van der Waals surface area contributed by atoms with Crippen molar-refractivity contribution in [3.63, 3.8) is 0 Å². The molecule has 2 rings (SSSR count). The quantitative estimate of drug-likeness (QED) is 0.897. The molecule has 0 amide bonds. The molecule has 0 spiro atoms. The molecule has 1 N–H and O–H groups in total. The number of carboxylic acid groups (broad SMARTS) is 1. The summed E-state index contributed by atoms with van der Waals surface area (Å²) in [6, 6.07) is 8.19. The molecule has 0 atom stereocenters. The number of hydrogen-bond donors (Lipinski definition) is 1. The number of aryl methyl sites for hydroxylation is 3. The maximum atomic E-state index is 10.6. The van der Waals surface area contributed by atoms with Crippen LogP contribution in [0.3, 0.4) is 0 Å². The van der Waals surface area contributed by atoms with E-state index in [1.54, 1.807) is 0 Å². The number of aliphatic carboxylic acids is 1. The average Bonchev–Trinajstić information content (AvgIpc) is 2.36. The highest BCUT2D eigenvalue weighted by Crippen LogP contribution is 2.22. The first kappa shape index (κ1) is 12.6. The maximum absolute atomic E-state index is 10.6. The molecule has 3 heteroatoms. The summed E-state index contributed by atoms with van der Waals surface area (Å²) in [6.07, 6.45) is 1.56. The Balaban J connectivity index is 2.49. The van der Waals surface area contributed by atoms with E-state index in [-0.39, 0.29) is 6.42 Å². The zero-order valence-electron chi connectivity index (χ0n) is 10.7. The number of pyridine rings is 1. The van der Waals surface area contributed by atoms with Gasteiger partial charge in [0, 0.05) is 17.5 Å². The van der Waals surface area contributed by atoms with Crippen LogP contribution in [0.15, 0.2) is 24.3 Å². The number of nitrogens with zero attached hydrogens (tertiary/aromatic N) is 1. The van der Waals surface area contributed by atoms with E-state index in [1.165, 1.54) is 5.56 Å². The van der Waals surface area contributed by atoms with E-state index in [2.05, 4.69) is 24.0 Å². The van der Waals surface area contributed by atoms with Crippen LogP contribution in [0.25, 0.3) is 10.9 Å². The van der Waals surface area contributed by atoms with Crippen molar-refractivity contribution >= 4 is 16.9 Å². The van der Waals surface area contributed by atoms with Crippen LogP contribution >= 0.6 is 0 Å². The van der Waals surface area contributed by atoms with E-state index in [0.29, 0.717) is 6.42 Å². The lowest BCUT2D eigenvalue weighted by atomic mass is 10.0. The highest BCUT2D eigenvalue weighted by Gasteiger charge is 2.07. The van der Waals surface area contributed by atoms with Crippen molar-refractivity contribution in [3.05, 3.63) is 41.1 Å². The van der Waals surface area contributed by atoms with Gasteiger partial charge in [-0.1, -0.05) is 25.1 Å². The lowest BCUT2D eigenvalue weighted by Gasteiger charge is -2.09. The molecule has 1 heterocycles. The molecule has 0 aliphatic heterocycles. The highest BCUT2D eigenvalue weighted by atomic mass is 16.4. The molecule has 0 fully saturated rings. The van der Waals surface area contributed by atoms with E-state index < -0.39 is 5.97 Å². The lowest BCUT2D eigenvalue weighted by Crippen LogP contribution is -2.01. The SMILES string of the molecule is CCc1cccc2c(C)cc(CCC(=O)O)nc12. The minimum atomic E-state index is -0.779. The fraction of sp³-hybridized carbons (Fsp3) is 0.333. The van der Waals surface area contributed by atoms with Gasteiger partial charge >= 0.3 is 5.97 Å². The number of fused-ring (bicyclic) bond motifs is 1. The number of aromatic nitrogens is 1. The second kappa shape index (κ2) is 5.17. The molecule has 0 saturated heterocycles. The molecule has 1 aromatic carbocycles. The molecule has 0 radical (unpaired) electrons. The monoisotopic (exact) mass is 243 g/mol. The molecule has 0 aliphatic carbocycles. The molecular formula is C15H17NO2. The van der Waals surface area contributed by atoms with Gasteiger partial charge in [-0.2, -0.15) is 0 Å². The van der Waals surface area contributed by atoms with Crippen LogP contribution in [0.4, 0.5) is 0 Å². The number of carboxylic acids is 1. The third-order valence-corrected chi connectivity index (χ3v) is 3.16. The summed E-state index contributed by atoms with van der Waals surface area (Å²) in [5, 5.41) is 9.89. The van der Waals surface area contributed by atoms with Crippen molar-refractivity contribution in [1.82, 2.24) is 4.98 Å². The number of carbonyl (C=O) groups is 1. The molecule has 0 aliphatic rings. The Morgan fingerprint density at radius 2 is 2.17 bits per heavy atom. The largest absolute Gasteiger partial charge is 0.481 e. The van der Waals surface area contributed by atoms with Gasteiger partial charge in [0.25, 0.3) is 0 Å². The van der Waals surface area contributed by atoms with Crippen LogP contribution in [0, 0.1) is 6.92 Å². The van der Waals surface area contributed by atoms with Gasteiger partial charge in [-0.15, -0.1) is 0 Å². The summed E-state index contributed by atoms with van der Waals surface area (Å²) >= 11 is 0. The Bertz CT molecular complexity index is 590. The smallest absolute Gasteiger partial charge is 0.303 e. The molecule has 0 saturated carbocycles. The van der Waals surface area contributed by atoms with E-state index in [1.807, 2.05) is 19.1 Å². The first-order valence-corrected chi connectivity index (χ1v) is 6.21. The van der Waals surface area contributed by atoms with Gasteiger partial charge in [0.1, 0.15) is 0 Å². The lowest BCUT2D eigenvalue weighted by molar-refractivity contribution is -0.136. The fourth-order valence-corrected chi connectivity index (χ4v) is 2.19. The maximum Gasteiger partial charge on any atom is 0.303 e. The molecular weight excluding hydrogens is 226 g/mol. The van der Waals surface area contributed by atoms with Crippen molar-refractivity contribution in [2.45, 2.75) is 33.1 Å². The summed E-state index contributed by atoms with van der Waals surface area (Å²) in [7, 11) is 0. The van der Waals surface area contributed by atoms with Crippen LogP contribution in [0.5, 0.6) is 0 Å². The first-order chi connectivity index (χ1) is 8.61. The van der Waals surface area contributed by atoms with Gasteiger partial charge in [-0.25, -0.2) is 0 Å².